The third-order valence-electron chi connectivity index (χ3n) is 6.25. The number of benzene rings is 2. The SMILES string of the molecule is COc1ccc(C2=NN(C(=O)CSc3nnc(CNC(=O)c4ccco4)n3C)[C@@H](c3ccc(F)cc3)C2)cc1. The molecule has 1 atom stereocenters. The third-order valence-corrected chi connectivity index (χ3v) is 7.25. The second kappa shape index (κ2) is 11.5. The summed E-state index contributed by atoms with van der Waals surface area (Å²) in [6.45, 7) is 0.145. The summed E-state index contributed by atoms with van der Waals surface area (Å²) in [5.74, 6) is 0.567. The number of hydrogen-bond donors (Lipinski definition) is 1. The highest BCUT2D eigenvalue weighted by molar-refractivity contribution is 7.99. The van der Waals surface area contributed by atoms with Gasteiger partial charge in [-0.05, 0) is 59.7 Å². The molecule has 1 N–H and O–H groups in total. The van der Waals surface area contributed by atoms with Crippen molar-refractivity contribution in [3.63, 3.8) is 0 Å². The van der Waals surface area contributed by atoms with Crippen LogP contribution in [0.5, 0.6) is 5.75 Å². The molecule has 5 rings (SSSR count). The summed E-state index contributed by atoms with van der Waals surface area (Å²) in [6.07, 6.45) is 1.91. The van der Waals surface area contributed by atoms with Crippen molar-refractivity contribution in [2.75, 3.05) is 12.9 Å². The Morgan fingerprint density at radius 3 is 2.59 bits per heavy atom. The molecule has 0 aliphatic carbocycles. The van der Waals surface area contributed by atoms with Gasteiger partial charge in [0.05, 0.1) is 37.4 Å². The molecule has 0 saturated carbocycles. The number of aromatic nitrogens is 3. The van der Waals surface area contributed by atoms with Crippen LogP contribution in [0.25, 0.3) is 0 Å². The fourth-order valence-electron chi connectivity index (χ4n) is 4.11. The topological polar surface area (TPSA) is 115 Å². The summed E-state index contributed by atoms with van der Waals surface area (Å²) in [5, 5.41) is 17.7. The van der Waals surface area contributed by atoms with Crippen LogP contribution in [-0.4, -0.2) is 50.2 Å². The Hall–Kier alpha value is -4.45. The molecule has 1 aliphatic heterocycles. The van der Waals surface area contributed by atoms with Gasteiger partial charge in [-0.1, -0.05) is 23.9 Å². The van der Waals surface area contributed by atoms with Crippen molar-refractivity contribution in [2.24, 2.45) is 12.1 Å². The molecule has 39 heavy (non-hydrogen) atoms. The summed E-state index contributed by atoms with van der Waals surface area (Å²) >= 11 is 1.22. The van der Waals surface area contributed by atoms with Crippen molar-refractivity contribution in [1.82, 2.24) is 25.1 Å². The van der Waals surface area contributed by atoms with Crippen LogP contribution < -0.4 is 10.1 Å². The van der Waals surface area contributed by atoms with Gasteiger partial charge in [-0.25, -0.2) is 9.40 Å². The Kier molecular flexibility index (Phi) is 7.73. The van der Waals surface area contributed by atoms with Crippen molar-refractivity contribution >= 4 is 29.3 Å². The average Bonchev–Trinajstić information content (AvgIpc) is 3.72. The zero-order chi connectivity index (χ0) is 27.4. The minimum absolute atomic E-state index is 0.0574. The van der Waals surface area contributed by atoms with Gasteiger partial charge < -0.3 is 19.0 Å². The molecular formula is C27H25FN6O4S. The van der Waals surface area contributed by atoms with E-state index in [2.05, 4.69) is 20.6 Å². The van der Waals surface area contributed by atoms with E-state index in [1.54, 1.807) is 43.0 Å². The zero-order valence-electron chi connectivity index (χ0n) is 21.2. The molecule has 12 heteroatoms. The number of thioether (sulfide) groups is 1. The Morgan fingerprint density at radius 1 is 1.13 bits per heavy atom. The van der Waals surface area contributed by atoms with Gasteiger partial charge in [0.1, 0.15) is 11.6 Å². The molecular weight excluding hydrogens is 523 g/mol. The smallest absolute Gasteiger partial charge is 0.287 e. The summed E-state index contributed by atoms with van der Waals surface area (Å²) in [6, 6.07) is 16.4. The fourth-order valence-corrected chi connectivity index (χ4v) is 4.90. The number of rotatable bonds is 9. The normalized spacial score (nSPS) is 14.8. The van der Waals surface area contributed by atoms with Crippen LogP contribution in [0.4, 0.5) is 4.39 Å². The van der Waals surface area contributed by atoms with Crippen LogP contribution >= 0.6 is 11.8 Å². The molecule has 0 saturated heterocycles. The van der Waals surface area contributed by atoms with E-state index in [0.29, 0.717) is 17.4 Å². The number of nitrogens with zero attached hydrogens (tertiary/aromatic N) is 5. The van der Waals surface area contributed by atoms with Crippen LogP contribution in [0.3, 0.4) is 0 Å². The van der Waals surface area contributed by atoms with Gasteiger partial charge in [0, 0.05) is 13.5 Å². The van der Waals surface area contributed by atoms with E-state index in [4.69, 9.17) is 9.15 Å². The molecule has 4 aromatic rings. The molecule has 0 unspecified atom stereocenters. The molecule has 0 radical (unpaired) electrons. The minimum atomic E-state index is -0.373. The Balaban J connectivity index is 1.28. The Bertz CT molecular complexity index is 1490. The average molecular weight is 549 g/mol. The van der Waals surface area contributed by atoms with E-state index in [1.807, 2.05) is 24.3 Å². The first kappa shape index (κ1) is 26.2. The molecule has 3 heterocycles. The zero-order valence-corrected chi connectivity index (χ0v) is 22.0. The lowest BCUT2D eigenvalue weighted by molar-refractivity contribution is -0.130. The number of amides is 2. The number of methoxy groups -OCH3 is 1. The van der Waals surface area contributed by atoms with Crippen molar-refractivity contribution in [3.8, 4) is 5.75 Å². The standard InChI is InChI=1S/C27H25FN6O4S/c1-33-24(15-29-26(36)23-4-3-13-38-23)30-31-27(33)39-16-25(35)34-22(18-5-9-19(28)10-6-18)14-21(32-34)17-7-11-20(37-2)12-8-17/h3-13,22H,14-16H2,1-2H3,(H,29,36)/t22-/m1/s1. The molecule has 0 spiro atoms. The lowest BCUT2D eigenvalue weighted by atomic mass is 9.98. The molecule has 0 bridgehead atoms. The first-order valence-electron chi connectivity index (χ1n) is 12.0. The van der Waals surface area contributed by atoms with Crippen LogP contribution in [0.1, 0.15) is 40.0 Å². The predicted octanol–water partition coefficient (Wildman–Crippen LogP) is 3.96. The second-order valence-electron chi connectivity index (χ2n) is 8.69. The number of furan rings is 1. The fraction of sp³-hybridized carbons (Fsp3) is 0.222. The van der Waals surface area contributed by atoms with E-state index in [-0.39, 0.29) is 41.7 Å². The predicted molar refractivity (Wildman–Crippen MR) is 142 cm³/mol. The van der Waals surface area contributed by atoms with Crippen molar-refractivity contribution in [1.29, 1.82) is 0 Å². The molecule has 2 amide bonds. The van der Waals surface area contributed by atoms with E-state index in [1.165, 1.54) is 35.2 Å². The number of ether oxygens (including phenoxy) is 1. The largest absolute Gasteiger partial charge is 0.497 e. The highest BCUT2D eigenvalue weighted by atomic mass is 32.2. The van der Waals surface area contributed by atoms with Gasteiger partial charge in [0.2, 0.25) is 0 Å². The van der Waals surface area contributed by atoms with Crippen molar-refractivity contribution in [2.45, 2.75) is 24.2 Å². The van der Waals surface area contributed by atoms with Crippen LogP contribution in [0.15, 0.2) is 81.6 Å². The van der Waals surface area contributed by atoms with E-state index < -0.39 is 0 Å². The number of hydrogen-bond acceptors (Lipinski definition) is 8. The Labute approximate surface area is 227 Å². The van der Waals surface area contributed by atoms with Crippen LogP contribution in [0.2, 0.25) is 0 Å². The number of halogens is 1. The molecule has 2 aromatic carbocycles. The van der Waals surface area contributed by atoms with Crippen molar-refractivity contribution in [3.05, 3.63) is 95.5 Å². The summed E-state index contributed by atoms with van der Waals surface area (Å²) in [7, 11) is 3.36. The monoisotopic (exact) mass is 548 g/mol. The van der Waals surface area contributed by atoms with Crippen molar-refractivity contribution < 1.29 is 23.1 Å². The number of nitrogens with one attached hydrogen (secondary N) is 1. The molecule has 2 aromatic heterocycles. The Morgan fingerprint density at radius 2 is 1.90 bits per heavy atom. The second-order valence-corrected chi connectivity index (χ2v) is 9.63. The van der Waals surface area contributed by atoms with Gasteiger partial charge in [-0.2, -0.15) is 5.10 Å². The maximum Gasteiger partial charge on any atom is 0.287 e. The maximum atomic E-state index is 13.6. The summed E-state index contributed by atoms with van der Waals surface area (Å²) in [5.41, 5.74) is 2.41. The summed E-state index contributed by atoms with van der Waals surface area (Å²) in [4.78, 5) is 25.5. The number of hydrazone groups is 1. The first-order valence-corrected chi connectivity index (χ1v) is 13.0. The van der Waals surface area contributed by atoms with Gasteiger partial charge in [0.25, 0.3) is 11.8 Å². The quantitative estimate of drug-likeness (QED) is 0.315. The van der Waals surface area contributed by atoms with Gasteiger partial charge in [-0.3, -0.25) is 9.59 Å². The minimum Gasteiger partial charge on any atom is -0.497 e. The number of carbonyl (C=O) groups is 2. The maximum absolute atomic E-state index is 13.6. The lowest BCUT2D eigenvalue weighted by Gasteiger charge is -2.22. The highest BCUT2D eigenvalue weighted by Crippen LogP contribution is 2.34. The van der Waals surface area contributed by atoms with Crippen LogP contribution in [0, 0.1) is 5.82 Å². The number of carbonyl (C=O) groups excluding carboxylic acids is 2. The highest BCUT2D eigenvalue weighted by Gasteiger charge is 2.33. The van der Waals surface area contributed by atoms with Gasteiger partial charge >= 0.3 is 0 Å². The van der Waals surface area contributed by atoms with Crippen LogP contribution in [-0.2, 0) is 18.4 Å². The third kappa shape index (κ3) is 5.85. The van der Waals surface area contributed by atoms with Gasteiger partial charge in [-0.15, -0.1) is 10.2 Å². The van der Waals surface area contributed by atoms with E-state index in [0.717, 1.165) is 22.6 Å². The molecule has 0 fully saturated rings. The van der Waals surface area contributed by atoms with E-state index >= 15 is 0 Å². The molecule has 1 aliphatic rings. The first-order chi connectivity index (χ1) is 18.9. The molecule has 10 nitrogen and oxygen atoms in total. The summed E-state index contributed by atoms with van der Waals surface area (Å²) < 4.78 is 25.6. The van der Waals surface area contributed by atoms with E-state index in [9.17, 15) is 14.0 Å². The lowest BCUT2D eigenvalue weighted by Crippen LogP contribution is -2.28. The molecule has 200 valence electrons. The van der Waals surface area contributed by atoms with Gasteiger partial charge in [0.15, 0.2) is 16.7 Å².